The summed E-state index contributed by atoms with van der Waals surface area (Å²) in [5.74, 6) is 0. The van der Waals surface area contributed by atoms with Gasteiger partial charge in [0.1, 0.15) is 0 Å². The van der Waals surface area contributed by atoms with E-state index in [1.54, 1.807) is 0 Å². The first-order valence-electron chi connectivity index (χ1n) is 57.0. The zero-order valence-corrected chi connectivity index (χ0v) is 98.7. The van der Waals surface area contributed by atoms with Gasteiger partial charge in [0.15, 0.2) is 0 Å². The second-order valence-electron chi connectivity index (χ2n) is 57.0. The van der Waals surface area contributed by atoms with Gasteiger partial charge in [0.05, 0.1) is 22.4 Å². The predicted molar refractivity (Wildman–Crippen MR) is 593 cm³/mol. The molecule has 0 aliphatic heterocycles. The number of hydrogen-bond donors (Lipinski definition) is 0. The van der Waals surface area contributed by atoms with Crippen LogP contribution < -0.4 is 0 Å². The third-order valence-electron chi connectivity index (χ3n) is 23.7. The van der Waals surface area contributed by atoms with Gasteiger partial charge in [0.25, 0.3) is 0 Å². The van der Waals surface area contributed by atoms with Crippen LogP contribution in [0.2, 0.25) is 0 Å². The summed E-state index contributed by atoms with van der Waals surface area (Å²) >= 11 is 0. The topological polar surface area (TPSA) is 36.9 Å². The van der Waals surface area contributed by atoms with Crippen LogP contribution in [0.1, 0.15) is 702 Å². The first-order valence-corrected chi connectivity index (χ1v) is 57.0. The van der Waals surface area contributed by atoms with Crippen LogP contribution in [0, 0.1) is 54.1 Å². The highest BCUT2D eigenvalue weighted by molar-refractivity contribution is 4.71. The Bertz CT molecular complexity index is 1880. The molecule has 0 aromatic rings. The van der Waals surface area contributed by atoms with E-state index in [9.17, 15) is 0 Å². The van der Waals surface area contributed by atoms with Crippen LogP contribution in [0.25, 0.3) is 0 Å². The summed E-state index contributed by atoms with van der Waals surface area (Å²) in [7, 11) is 0. The fourth-order valence-electron chi connectivity index (χ4n) is 15.5. The molecule has 0 N–H and O–H groups in total. The van der Waals surface area contributed by atoms with Crippen LogP contribution in [-0.4, -0.2) is 48.8 Å². The van der Waals surface area contributed by atoms with Crippen molar-refractivity contribution in [1.82, 2.24) is 0 Å². The summed E-state index contributed by atoms with van der Waals surface area (Å²) in [4.78, 5) is 0. The molecule has 0 spiro atoms. The molecule has 4 heteroatoms. The SMILES string of the molecule is CC(C)(C)CCCCCCCCCC(C)(C)C.CC(C)(C)CCCCCCCCCCC(C)(C)C.CC(C)(C)CCCCCCCCCCCC(C)(C)C.CC(C)(C)CCCCCCCCCCCOC(C)(C)C.CC(C)(C)CCCCCCCCCCOC(C)(C)C.CC(C)(C)CCCCCCCCCOC(C)(C)C.CC(C)(C)CCCCCCCCOC(C)(C)C. The molecule has 0 saturated carbocycles. The minimum Gasteiger partial charge on any atom is -0.376 e. The molecule has 0 aliphatic rings. The van der Waals surface area contributed by atoms with E-state index in [1.807, 2.05) is 0 Å². The molecular weight excluding hydrogens is 1550 g/mol. The van der Waals surface area contributed by atoms with E-state index in [4.69, 9.17) is 18.9 Å². The molecule has 4 nitrogen and oxygen atoms in total. The average molecular weight is 1820 g/mol. The van der Waals surface area contributed by atoms with Crippen molar-refractivity contribution in [2.24, 2.45) is 54.1 Å². The number of rotatable bonds is 65. The first-order chi connectivity index (χ1) is 58.4. The van der Waals surface area contributed by atoms with E-state index < -0.39 is 0 Å². The van der Waals surface area contributed by atoms with Crippen molar-refractivity contribution in [1.29, 1.82) is 0 Å². The van der Waals surface area contributed by atoms with Gasteiger partial charge in [-0.25, -0.2) is 0 Å². The van der Waals surface area contributed by atoms with Crippen LogP contribution in [0.3, 0.4) is 0 Å². The van der Waals surface area contributed by atoms with Crippen molar-refractivity contribution in [2.45, 2.75) is 724 Å². The molecule has 0 bridgehead atoms. The van der Waals surface area contributed by atoms with Crippen molar-refractivity contribution in [3.63, 3.8) is 0 Å². The van der Waals surface area contributed by atoms with Gasteiger partial charge >= 0.3 is 0 Å². The summed E-state index contributed by atoms with van der Waals surface area (Å²) in [6, 6.07) is 0. The molecule has 0 heterocycles. The summed E-state index contributed by atoms with van der Waals surface area (Å²) < 4.78 is 22.9. The third kappa shape index (κ3) is 172. The monoisotopic (exact) mass is 1820 g/mol. The highest BCUT2D eigenvalue weighted by Gasteiger charge is 2.19. The van der Waals surface area contributed by atoms with Crippen LogP contribution in [-0.2, 0) is 18.9 Å². The van der Waals surface area contributed by atoms with Gasteiger partial charge in [-0.1, -0.05) is 529 Å². The van der Waals surface area contributed by atoms with E-state index in [-0.39, 0.29) is 22.4 Å². The van der Waals surface area contributed by atoms with Gasteiger partial charge in [-0.2, -0.15) is 0 Å². The standard InChI is InChI=1S/C19H40O.C19H40.C18H38O.C18H38.C17H36O.C17H36.C16H34O/c1-18(2,3)16-14-12-10-8-7-9-11-13-15-17-20-19(4,5)6;1-18(2,3)16-14-12-10-8-7-9-11-13-15-17-19(4,5)6;1-17(2,3)15-13-11-9-7-8-10-12-14-16-19-18(4,5)6;1-17(2,3)15-13-11-9-7-8-10-12-14-16-18(4,5)6;1-16(2,3)14-12-10-8-7-9-11-13-15-18-17(4,5)6;1-16(2,3)14-12-10-8-7-9-11-13-15-17(4,5)6;1-15(2,3)13-11-9-7-8-10-12-14-17-16(4,5)6/h7-17H2,1-6H3;7-17H2,1-6H3;7-16H2,1-6H3;7-16H2,1-6H3;7-15H2,1-6H3;7-15H2,1-6H3;7-14H2,1-6H3. The highest BCUT2D eigenvalue weighted by atomic mass is 16.5. The Kier molecular flexibility index (Phi) is 91.0. The molecule has 782 valence electrons. The maximum absolute atomic E-state index is 5.73. The van der Waals surface area contributed by atoms with Crippen molar-refractivity contribution < 1.29 is 18.9 Å². The van der Waals surface area contributed by atoms with E-state index >= 15 is 0 Å². The van der Waals surface area contributed by atoms with Gasteiger partial charge in [-0.3, -0.25) is 0 Å². The lowest BCUT2D eigenvalue weighted by Crippen LogP contribution is -2.19. The minimum absolute atomic E-state index is 0.0344. The lowest BCUT2D eigenvalue weighted by molar-refractivity contribution is -0.00511. The van der Waals surface area contributed by atoms with E-state index in [0.717, 1.165) is 26.4 Å². The van der Waals surface area contributed by atoms with Crippen LogP contribution >= 0.6 is 0 Å². The van der Waals surface area contributed by atoms with E-state index in [2.05, 4.69) is 291 Å². The van der Waals surface area contributed by atoms with Gasteiger partial charge in [0.2, 0.25) is 0 Å². The Balaban J connectivity index is -0.000000267. The molecular formula is C124H262O4. The van der Waals surface area contributed by atoms with E-state index in [1.165, 1.54) is 411 Å². The van der Waals surface area contributed by atoms with Crippen molar-refractivity contribution in [3.05, 3.63) is 0 Å². The molecule has 0 unspecified atom stereocenters. The molecule has 0 radical (unpaired) electrons. The molecule has 0 aromatic carbocycles. The smallest absolute Gasteiger partial charge is 0.0598 e. The average Bonchev–Trinajstić information content (AvgIpc) is 0.992. The summed E-state index contributed by atoms with van der Waals surface area (Å²) in [5, 5.41) is 0. The second kappa shape index (κ2) is 82.7. The maximum atomic E-state index is 5.73. The largest absolute Gasteiger partial charge is 0.376 e. The molecule has 0 amide bonds. The lowest BCUT2D eigenvalue weighted by Gasteiger charge is -2.19. The molecule has 0 aliphatic carbocycles. The van der Waals surface area contributed by atoms with Crippen molar-refractivity contribution in [2.75, 3.05) is 26.4 Å². The summed E-state index contributed by atoms with van der Waals surface area (Å²) in [6.07, 6.45) is 89.6. The van der Waals surface area contributed by atoms with Crippen LogP contribution in [0.4, 0.5) is 0 Å². The summed E-state index contributed by atoms with van der Waals surface area (Å²) in [6.45, 7) is 99.6. The van der Waals surface area contributed by atoms with Gasteiger partial charge in [0, 0.05) is 26.4 Å². The Morgan fingerprint density at radius 1 is 0.0859 bits per heavy atom. The highest BCUT2D eigenvalue weighted by Crippen LogP contribution is 2.32. The van der Waals surface area contributed by atoms with Gasteiger partial charge in [-0.15, -0.1) is 0 Å². The van der Waals surface area contributed by atoms with Crippen molar-refractivity contribution >= 4 is 0 Å². The Morgan fingerprint density at radius 2 is 0.148 bits per heavy atom. The Morgan fingerprint density at radius 3 is 0.211 bits per heavy atom. The Hall–Kier alpha value is -0.160. The number of ether oxygens (including phenoxy) is 4. The zero-order valence-electron chi connectivity index (χ0n) is 98.7. The normalized spacial score (nSPS) is 13.0. The Labute approximate surface area is 818 Å². The molecule has 0 aromatic heterocycles. The molecule has 0 saturated heterocycles. The lowest BCUT2D eigenvalue weighted by atomic mass is 9.88. The molecule has 0 atom stereocenters. The van der Waals surface area contributed by atoms with E-state index in [0.29, 0.717) is 54.1 Å². The van der Waals surface area contributed by atoms with Crippen LogP contribution in [0.15, 0.2) is 0 Å². The van der Waals surface area contributed by atoms with Crippen molar-refractivity contribution in [3.8, 4) is 0 Å². The quantitative estimate of drug-likeness (QED) is 0.0569. The first kappa shape index (κ1) is 141. The molecule has 0 fully saturated rings. The molecule has 128 heavy (non-hydrogen) atoms. The van der Waals surface area contributed by atoms with Gasteiger partial charge in [-0.05, 0) is 227 Å². The summed E-state index contributed by atoms with van der Waals surface area (Å²) in [5.41, 5.74) is 5.42. The second-order valence-corrected chi connectivity index (χ2v) is 57.0. The fraction of sp³-hybridized carbons (Fsp3) is 1.00. The molecule has 0 rings (SSSR count). The predicted octanol–water partition coefficient (Wildman–Crippen LogP) is 45.6. The number of hydrogen-bond acceptors (Lipinski definition) is 4. The fourth-order valence-corrected chi connectivity index (χ4v) is 15.5. The van der Waals surface area contributed by atoms with Gasteiger partial charge < -0.3 is 18.9 Å². The van der Waals surface area contributed by atoms with Crippen LogP contribution in [0.5, 0.6) is 0 Å². The third-order valence-corrected chi connectivity index (χ3v) is 23.7. The zero-order chi connectivity index (χ0) is 99.9. The minimum atomic E-state index is 0.0344. The number of unbranched alkanes of at least 4 members (excludes halogenated alkanes) is 47. The maximum Gasteiger partial charge on any atom is 0.0598 e.